The van der Waals surface area contributed by atoms with E-state index in [2.05, 4.69) is 18.5 Å². The number of aliphatic hydroxyl groups excluding tert-OH is 1. The summed E-state index contributed by atoms with van der Waals surface area (Å²) in [5.74, 6) is -3.94. The molecule has 2 aromatic rings. The van der Waals surface area contributed by atoms with Crippen LogP contribution in [0.2, 0.25) is 0 Å². The summed E-state index contributed by atoms with van der Waals surface area (Å²) in [7, 11) is 1.50. The predicted octanol–water partition coefficient (Wildman–Crippen LogP) is 4.60. The summed E-state index contributed by atoms with van der Waals surface area (Å²) >= 11 is 0. The van der Waals surface area contributed by atoms with Crippen LogP contribution >= 0.6 is 0 Å². The number of rotatable bonds is 17. The van der Waals surface area contributed by atoms with Crippen molar-refractivity contribution in [2.45, 2.75) is 89.3 Å². The van der Waals surface area contributed by atoms with Gasteiger partial charge in [-0.3, -0.25) is 19.2 Å². The lowest BCUT2D eigenvalue weighted by atomic mass is 9.70. The van der Waals surface area contributed by atoms with Crippen molar-refractivity contribution in [3.8, 4) is 0 Å². The first kappa shape index (κ1) is 38.9. The van der Waals surface area contributed by atoms with E-state index in [0.717, 1.165) is 11.1 Å². The maximum absolute atomic E-state index is 15.0. The number of hydrogen-bond acceptors (Lipinski definition) is 8. The molecule has 0 aromatic heterocycles. The van der Waals surface area contributed by atoms with E-state index in [-0.39, 0.29) is 43.9 Å². The molecule has 280 valence electrons. The summed E-state index contributed by atoms with van der Waals surface area (Å²) in [6.45, 7) is 15.1. The second-order valence-electron chi connectivity index (χ2n) is 14.5. The number of nitrogens with one attached hydrogen (secondary N) is 1. The number of carbonyl (C=O) groups excluding carboxylic acids is 4. The second-order valence-corrected chi connectivity index (χ2v) is 14.5. The van der Waals surface area contributed by atoms with Crippen LogP contribution in [0.5, 0.6) is 0 Å². The number of fused-ring (bicyclic) bond motifs is 1. The largest absolute Gasteiger partial charge is 0.455 e. The Bertz CT molecular complexity index is 1650. The number of likely N-dealkylation sites (tertiary alicyclic amines) is 1. The zero-order chi connectivity index (χ0) is 37.7. The maximum Gasteiger partial charge on any atom is 0.313 e. The summed E-state index contributed by atoms with van der Waals surface area (Å²) in [6.07, 6.45) is 3.18. The van der Waals surface area contributed by atoms with Crippen molar-refractivity contribution in [1.82, 2.24) is 10.2 Å². The summed E-state index contributed by atoms with van der Waals surface area (Å²) in [5.41, 5.74) is 1.85. The molecule has 52 heavy (non-hydrogen) atoms. The molecule has 0 aliphatic carbocycles. The van der Waals surface area contributed by atoms with E-state index < -0.39 is 59.6 Å². The number of ether oxygens (including phenoxy) is 3. The summed E-state index contributed by atoms with van der Waals surface area (Å²) in [6, 6.07) is 12.4. The van der Waals surface area contributed by atoms with Crippen molar-refractivity contribution in [2.75, 3.05) is 31.8 Å². The van der Waals surface area contributed by atoms with Crippen molar-refractivity contribution in [3.63, 3.8) is 0 Å². The standard InChI is InChI=1S/C41H53N3O8/c1-8-10-16-33(46)42-29(24-50-7)36(28-14-12-11-13-15-28)51-40(49)34-32-19-20-41(52-32)35(34)38(47)44(31(23-45)25(3)4)37(41)39(48)43(21-9-2)30-22-26(5)17-18-27(30)6/h8-9,11-15,17-18,22,25,29,31-32,34-37,45H,1-2,10,16,19-21,23-24H2,3-7H3,(H,42,46)/t29-,31-,32-,34+,35+,36-,37-,41+/m0/s1. The molecule has 3 fully saturated rings. The van der Waals surface area contributed by atoms with Gasteiger partial charge in [0.25, 0.3) is 5.91 Å². The van der Waals surface area contributed by atoms with Crippen molar-refractivity contribution < 1.29 is 38.5 Å². The number of carbonyl (C=O) groups is 4. The molecule has 0 saturated carbocycles. The van der Waals surface area contributed by atoms with Gasteiger partial charge in [-0.15, -0.1) is 13.2 Å². The van der Waals surface area contributed by atoms with Gasteiger partial charge in [-0.05, 0) is 61.8 Å². The first-order chi connectivity index (χ1) is 24.9. The highest BCUT2D eigenvalue weighted by Crippen LogP contribution is 2.59. The Hall–Kier alpha value is -4.32. The van der Waals surface area contributed by atoms with E-state index in [0.29, 0.717) is 30.5 Å². The lowest BCUT2D eigenvalue weighted by Crippen LogP contribution is -2.60. The minimum atomic E-state index is -1.32. The summed E-state index contributed by atoms with van der Waals surface area (Å²) in [5, 5.41) is 13.6. The predicted molar refractivity (Wildman–Crippen MR) is 197 cm³/mol. The number of anilines is 1. The first-order valence-corrected chi connectivity index (χ1v) is 18.2. The molecule has 8 atom stereocenters. The van der Waals surface area contributed by atoms with Gasteiger partial charge < -0.3 is 34.4 Å². The van der Waals surface area contributed by atoms with Crippen LogP contribution in [-0.2, 0) is 33.4 Å². The van der Waals surface area contributed by atoms with Crippen LogP contribution in [0, 0.1) is 31.6 Å². The van der Waals surface area contributed by atoms with Gasteiger partial charge in [0.05, 0.1) is 43.2 Å². The fraction of sp³-hybridized carbons (Fsp3) is 0.512. The van der Waals surface area contributed by atoms with Gasteiger partial charge >= 0.3 is 5.97 Å². The number of methoxy groups -OCH3 is 1. The molecule has 2 aromatic carbocycles. The highest BCUT2D eigenvalue weighted by atomic mass is 16.6. The minimum absolute atomic E-state index is 0.0536. The monoisotopic (exact) mass is 715 g/mol. The van der Waals surface area contributed by atoms with E-state index in [1.54, 1.807) is 17.1 Å². The molecule has 3 saturated heterocycles. The number of benzene rings is 2. The van der Waals surface area contributed by atoms with Gasteiger partial charge in [0.1, 0.15) is 17.7 Å². The summed E-state index contributed by atoms with van der Waals surface area (Å²) in [4.78, 5) is 60.5. The maximum atomic E-state index is 15.0. The molecule has 2 N–H and O–H groups in total. The smallest absolute Gasteiger partial charge is 0.313 e. The number of hydrogen-bond donors (Lipinski definition) is 2. The third-order valence-electron chi connectivity index (χ3n) is 10.8. The molecule has 3 amide bonds. The lowest BCUT2D eigenvalue weighted by Gasteiger charge is -2.40. The molecule has 0 unspecified atom stereocenters. The number of nitrogens with zero attached hydrogens (tertiary/aromatic N) is 2. The third-order valence-corrected chi connectivity index (χ3v) is 10.8. The van der Waals surface area contributed by atoms with Crippen molar-refractivity contribution >= 4 is 29.4 Å². The van der Waals surface area contributed by atoms with Gasteiger partial charge in [0.2, 0.25) is 11.8 Å². The average Bonchev–Trinajstić information content (AvgIpc) is 3.77. The molecule has 1 spiro atoms. The van der Waals surface area contributed by atoms with Crippen LogP contribution in [0.3, 0.4) is 0 Å². The van der Waals surface area contributed by atoms with Crippen LogP contribution in [-0.4, -0.2) is 90.4 Å². The van der Waals surface area contributed by atoms with Crippen molar-refractivity contribution in [3.05, 3.63) is 90.5 Å². The van der Waals surface area contributed by atoms with Crippen LogP contribution in [0.4, 0.5) is 5.69 Å². The number of allylic oxidation sites excluding steroid dienone is 1. The van der Waals surface area contributed by atoms with E-state index in [1.807, 2.05) is 76.2 Å². The van der Waals surface area contributed by atoms with Crippen LogP contribution in [0.25, 0.3) is 0 Å². The number of aryl methyl sites for hydroxylation is 2. The zero-order valence-corrected chi connectivity index (χ0v) is 31.0. The topological polar surface area (TPSA) is 135 Å². The number of amides is 3. The fourth-order valence-electron chi connectivity index (χ4n) is 8.33. The molecule has 11 nitrogen and oxygen atoms in total. The Morgan fingerprint density at radius 3 is 2.50 bits per heavy atom. The van der Waals surface area contributed by atoms with Crippen LogP contribution in [0.15, 0.2) is 73.8 Å². The van der Waals surface area contributed by atoms with Gasteiger partial charge in [-0.1, -0.05) is 68.5 Å². The molecule has 3 heterocycles. The lowest BCUT2D eigenvalue weighted by molar-refractivity contribution is -0.163. The highest BCUT2D eigenvalue weighted by Gasteiger charge is 2.76. The van der Waals surface area contributed by atoms with Crippen LogP contribution < -0.4 is 10.2 Å². The van der Waals surface area contributed by atoms with Crippen molar-refractivity contribution in [1.29, 1.82) is 0 Å². The normalized spacial score (nSPS) is 25.0. The van der Waals surface area contributed by atoms with Gasteiger partial charge in [0, 0.05) is 25.8 Å². The Kier molecular flexibility index (Phi) is 12.4. The second kappa shape index (κ2) is 16.6. The van der Waals surface area contributed by atoms with Gasteiger partial charge in [-0.25, -0.2) is 0 Å². The van der Waals surface area contributed by atoms with E-state index >= 15 is 4.79 Å². The number of aliphatic hydroxyl groups is 1. The van der Waals surface area contributed by atoms with E-state index in [9.17, 15) is 19.5 Å². The Balaban J connectivity index is 1.55. The van der Waals surface area contributed by atoms with Crippen LogP contribution in [0.1, 0.15) is 62.3 Å². The molecule has 3 aliphatic heterocycles. The summed E-state index contributed by atoms with van der Waals surface area (Å²) < 4.78 is 18.5. The minimum Gasteiger partial charge on any atom is -0.455 e. The molecule has 11 heteroatoms. The number of esters is 1. The molecule has 5 rings (SSSR count). The molecule has 0 radical (unpaired) electrons. The molecule has 2 bridgehead atoms. The Morgan fingerprint density at radius 2 is 1.87 bits per heavy atom. The first-order valence-electron chi connectivity index (χ1n) is 18.2. The Labute approximate surface area is 307 Å². The van der Waals surface area contributed by atoms with Gasteiger partial charge in [-0.2, -0.15) is 0 Å². The van der Waals surface area contributed by atoms with E-state index in [1.165, 1.54) is 12.0 Å². The average molecular weight is 716 g/mol. The fourth-order valence-corrected chi connectivity index (χ4v) is 8.33. The van der Waals surface area contributed by atoms with Gasteiger partial charge in [0.15, 0.2) is 0 Å². The molecule has 3 aliphatic rings. The SMILES string of the molecule is C=CCCC(=O)N[C@@H](COC)[C@@H](OC(=O)[C@@H]1[C@@H]2CC[C@]3(O2)[C@H](C(=O)N(CC=C)c2cc(C)ccc2C)N([C@@H](CO)C(C)C)C(=O)[C@@H]13)c1ccccc1. The third kappa shape index (κ3) is 7.31. The van der Waals surface area contributed by atoms with E-state index in [4.69, 9.17) is 14.2 Å². The zero-order valence-electron chi connectivity index (χ0n) is 31.0. The Morgan fingerprint density at radius 1 is 1.13 bits per heavy atom. The van der Waals surface area contributed by atoms with Crippen molar-refractivity contribution in [2.24, 2.45) is 17.8 Å². The molecular formula is C41H53N3O8. The quantitative estimate of drug-likeness (QED) is 0.180. The molecular weight excluding hydrogens is 662 g/mol. The highest BCUT2D eigenvalue weighted by molar-refractivity contribution is 6.05.